The van der Waals surface area contributed by atoms with Crippen LogP contribution in [0.5, 0.6) is 0 Å². The van der Waals surface area contributed by atoms with Crippen molar-refractivity contribution in [3.8, 4) is 6.07 Å². The van der Waals surface area contributed by atoms with E-state index in [1.165, 1.54) is 12.4 Å². The van der Waals surface area contributed by atoms with E-state index in [4.69, 9.17) is 5.26 Å². The Labute approximate surface area is 60.5 Å². The number of hydrogen-bond acceptors (Lipinski definition) is 3. The number of nitriles is 1. The molecule has 1 heterocycles. The quantitative estimate of drug-likeness (QED) is 0.450. The second-order valence-corrected chi connectivity index (χ2v) is 2.15. The summed E-state index contributed by atoms with van der Waals surface area (Å²) in [5.74, 6) is 0. The summed E-state index contributed by atoms with van der Waals surface area (Å²) in [4.78, 5) is 7.51. The predicted octanol–water partition coefficient (Wildman–Crippen LogP) is 1.11. The molecule has 9 heavy (non-hydrogen) atoms. The molecule has 0 atom stereocenters. The maximum Gasteiger partial charge on any atom is 0.158 e. The smallest absolute Gasteiger partial charge is 0.158 e. The average Bonchev–Trinajstić information content (AvgIpc) is 1.90. The van der Waals surface area contributed by atoms with Crippen molar-refractivity contribution in [2.24, 2.45) is 0 Å². The van der Waals surface area contributed by atoms with Crippen molar-refractivity contribution >= 4 is 15.9 Å². The standard InChI is InChI=1S/C5H2BrN3/c6-5-3-8-4(1-7)2-9-5/h2-3H/i1+1,7+1. The van der Waals surface area contributed by atoms with Gasteiger partial charge in [0.15, 0.2) is 5.69 Å². The molecule has 3 nitrogen and oxygen atoms in total. The van der Waals surface area contributed by atoms with Crippen molar-refractivity contribution in [3.05, 3.63) is 22.7 Å². The number of hydrogen-bond donors (Lipinski definition) is 0. The summed E-state index contributed by atoms with van der Waals surface area (Å²) in [5.41, 5.74) is 0.332. The van der Waals surface area contributed by atoms with Crippen LogP contribution in [0.2, 0.25) is 0 Å². The molecule has 0 bridgehead atoms. The summed E-state index contributed by atoms with van der Waals surface area (Å²) < 4.78 is 0.640. The Balaban J connectivity index is 3.06. The van der Waals surface area contributed by atoms with E-state index >= 15 is 0 Å². The van der Waals surface area contributed by atoms with Gasteiger partial charge >= 0.3 is 0 Å². The molecule has 0 aromatic carbocycles. The molecule has 0 radical (unpaired) electrons. The Hall–Kier alpha value is -0.950. The van der Waals surface area contributed by atoms with Gasteiger partial charge in [-0.05, 0) is 15.9 Å². The molecule has 44 valence electrons. The van der Waals surface area contributed by atoms with Crippen molar-refractivity contribution in [2.45, 2.75) is 0 Å². The van der Waals surface area contributed by atoms with Gasteiger partial charge in [0.1, 0.15) is 10.7 Å². The van der Waals surface area contributed by atoms with Crippen molar-refractivity contribution in [2.75, 3.05) is 0 Å². The van der Waals surface area contributed by atoms with E-state index in [0.29, 0.717) is 10.3 Å². The third-order valence-electron chi connectivity index (χ3n) is 0.735. The molecule has 0 aliphatic carbocycles. The minimum Gasteiger partial charge on any atom is -0.245 e. The predicted molar refractivity (Wildman–Crippen MR) is 34.4 cm³/mol. The van der Waals surface area contributed by atoms with Gasteiger partial charge in [-0.1, -0.05) is 0 Å². The molecule has 0 N–H and O–H groups in total. The molecular weight excluding hydrogens is 184 g/mol. The summed E-state index contributed by atoms with van der Waals surface area (Å²) >= 11 is 3.09. The second kappa shape index (κ2) is 2.55. The summed E-state index contributed by atoms with van der Waals surface area (Å²) in [5, 5.41) is 8.26. The highest BCUT2D eigenvalue weighted by atomic mass is 79.9. The van der Waals surface area contributed by atoms with Gasteiger partial charge in [-0.3, -0.25) is 0 Å². The molecule has 0 aliphatic heterocycles. The highest BCUT2D eigenvalue weighted by Gasteiger charge is 1.89. The molecule has 0 fully saturated rings. The lowest BCUT2D eigenvalue weighted by Crippen LogP contribution is -1.82. The van der Waals surface area contributed by atoms with Crippen molar-refractivity contribution < 1.29 is 0 Å². The molecule has 0 saturated carbocycles. The van der Waals surface area contributed by atoms with Crippen LogP contribution in [0.4, 0.5) is 0 Å². The van der Waals surface area contributed by atoms with E-state index in [1.807, 2.05) is 6.07 Å². The number of aromatic nitrogens is 2. The number of nitrogens with zero attached hydrogens (tertiary/aromatic N) is 3. The van der Waals surface area contributed by atoms with Gasteiger partial charge in [0.05, 0.1) is 12.4 Å². The first kappa shape index (κ1) is 6.17. The Bertz CT molecular complexity index is 235. The molecule has 0 unspecified atom stereocenters. The first-order valence-corrected chi connectivity index (χ1v) is 3.00. The normalized spacial score (nSPS) is 8.44. The average molecular weight is 186 g/mol. The monoisotopic (exact) mass is 185 g/mol. The lowest BCUT2D eigenvalue weighted by atomic mass is 10.6. The molecule has 1 aromatic heterocycles. The summed E-state index contributed by atoms with van der Waals surface area (Å²) in [6.07, 6.45) is 2.89. The van der Waals surface area contributed by atoms with Gasteiger partial charge in [0.25, 0.3) is 0 Å². The topological polar surface area (TPSA) is 49.6 Å². The van der Waals surface area contributed by atoms with Crippen LogP contribution in [0.3, 0.4) is 0 Å². The van der Waals surface area contributed by atoms with Crippen molar-refractivity contribution in [1.29, 1.82) is 5.26 Å². The van der Waals surface area contributed by atoms with Gasteiger partial charge < -0.3 is 0 Å². The molecule has 4 heteroatoms. The Morgan fingerprint density at radius 2 is 2.22 bits per heavy atom. The van der Waals surface area contributed by atoms with Crippen LogP contribution in [0.25, 0.3) is 0 Å². The second-order valence-electron chi connectivity index (χ2n) is 1.34. The highest BCUT2D eigenvalue weighted by Crippen LogP contribution is 2.00. The zero-order valence-corrected chi connectivity index (χ0v) is 5.96. The van der Waals surface area contributed by atoms with E-state index in [-0.39, 0.29) is 0 Å². The maximum atomic E-state index is 8.26. The summed E-state index contributed by atoms with van der Waals surface area (Å²) in [6, 6.07) is 1.86. The van der Waals surface area contributed by atoms with Crippen LogP contribution in [0.15, 0.2) is 17.0 Å². The molecule has 0 spiro atoms. The molecular formula is C5H2BrN3. The van der Waals surface area contributed by atoms with E-state index in [9.17, 15) is 0 Å². The zero-order valence-electron chi connectivity index (χ0n) is 4.37. The Morgan fingerprint density at radius 3 is 2.67 bits per heavy atom. The van der Waals surface area contributed by atoms with Gasteiger partial charge in [0.2, 0.25) is 0 Å². The van der Waals surface area contributed by atoms with Crippen molar-refractivity contribution in [3.63, 3.8) is 0 Å². The lowest BCUT2D eigenvalue weighted by Gasteiger charge is -1.85. The van der Waals surface area contributed by atoms with Crippen LogP contribution >= 0.6 is 15.9 Å². The SMILES string of the molecule is [15N]#[13C]c1cnc(Br)cn1. The van der Waals surface area contributed by atoms with E-state index in [2.05, 4.69) is 25.9 Å². The Kier molecular flexibility index (Phi) is 1.75. The highest BCUT2D eigenvalue weighted by molar-refractivity contribution is 9.10. The fourth-order valence-corrected chi connectivity index (χ4v) is 0.575. The minimum atomic E-state index is 0.332. The molecule has 0 saturated heterocycles. The zero-order chi connectivity index (χ0) is 6.69. The van der Waals surface area contributed by atoms with Crippen molar-refractivity contribution in [1.82, 2.24) is 9.97 Å². The summed E-state index contributed by atoms with van der Waals surface area (Å²) in [7, 11) is 0. The third-order valence-corrected chi connectivity index (χ3v) is 1.14. The number of halogens is 1. The van der Waals surface area contributed by atoms with Gasteiger partial charge in [0, 0.05) is 0 Å². The van der Waals surface area contributed by atoms with Crippen LogP contribution in [0.1, 0.15) is 5.69 Å². The van der Waals surface area contributed by atoms with E-state index in [1.54, 1.807) is 0 Å². The first-order chi connectivity index (χ1) is 4.33. The third kappa shape index (κ3) is 1.47. The lowest BCUT2D eigenvalue weighted by molar-refractivity contribution is 1.13. The van der Waals surface area contributed by atoms with Gasteiger partial charge in [-0.2, -0.15) is 5.26 Å². The van der Waals surface area contributed by atoms with Gasteiger partial charge in [-0.25, -0.2) is 9.97 Å². The van der Waals surface area contributed by atoms with E-state index in [0.717, 1.165) is 0 Å². The van der Waals surface area contributed by atoms with E-state index < -0.39 is 0 Å². The van der Waals surface area contributed by atoms with Crippen LogP contribution in [-0.4, -0.2) is 9.97 Å². The molecule has 1 aromatic rings. The minimum absolute atomic E-state index is 0.332. The molecule has 0 aliphatic rings. The number of rotatable bonds is 0. The van der Waals surface area contributed by atoms with Crippen LogP contribution < -0.4 is 0 Å². The van der Waals surface area contributed by atoms with Crippen LogP contribution in [0, 0.1) is 11.3 Å². The maximum absolute atomic E-state index is 8.26. The molecule has 0 amide bonds. The Morgan fingerprint density at radius 1 is 1.44 bits per heavy atom. The van der Waals surface area contributed by atoms with Gasteiger partial charge in [-0.15, -0.1) is 0 Å². The molecule has 1 rings (SSSR count). The fourth-order valence-electron chi connectivity index (χ4n) is 0.370. The van der Waals surface area contributed by atoms with Crippen LogP contribution in [-0.2, 0) is 0 Å². The fraction of sp³-hybridized carbons (Fsp3) is 0. The first-order valence-electron chi connectivity index (χ1n) is 2.20. The largest absolute Gasteiger partial charge is 0.245 e. The summed E-state index contributed by atoms with van der Waals surface area (Å²) in [6.45, 7) is 0.